The second-order valence-electron chi connectivity index (χ2n) is 13.3. The number of H-pyrrole nitrogens is 2. The van der Waals surface area contributed by atoms with E-state index in [0.717, 1.165) is 50.2 Å². The highest BCUT2D eigenvalue weighted by atomic mass is 32.3. The molecule has 0 spiro atoms. The standard InChI is InChI=1S/C44H32N4O6S2/c49-55(50,51)31-15-11-29(12-16-31)43-37-23-21-35(46-37)41(27-7-3-1-4-8-27)33-19-20-34(45-33)42(28-9-5-2-6-10-28)36-22-24-38(47-36)44(40-26-25-39(43)48-40)30-13-17-32(18-14-30)56(52,53)54/h1-26,46-47,49-51H,(H,52,53,54). The van der Waals surface area contributed by atoms with Crippen molar-refractivity contribution in [3.8, 4) is 44.5 Å². The van der Waals surface area contributed by atoms with Crippen LogP contribution in [0.15, 0.2) is 143 Å². The topological polar surface area (TPSA) is 172 Å². The Morgan fingerprint density at radius 3 is 0.982 bits per heavy atom. The van der Waals surface area contributed by atoms with Gasteiger partial charge in [0.15, 0.2) is 0 Å². The summed E-state index contributed by atoms with van der Waals surface area (Å²) in [5.74, 6) is 0. The van der Waals surface area contributed by atoms with Crippen molar-refractivity contribution in [2.24, 2.45) is 0 Å². The van der Waals surface area contributed by atoms with Crippen LogP contribution in [-0.2, 0) is 10.1 Å². The number of nitrogens with zero attached hydrogens (tertiary/aromatic N) is 2. The van der Waals surface area contributed by atoms with Gasteiger partial charge in [-0.1, -0.05) is 84.9 Å². The Hall–Kier alpha value is -6.38. The van der Waals surface area contributed by atoms with Gasteiger partial charge < -0.3 is 23.6 Å². The lowest BCUT2D eigenvalue weighted by atomic mass is 10.0. The third-order valence-corrected chi connectivity index (χ3v) is 11.6. The van der Waals surface area contributed by atoms with Crippen LogP contribution in [0, 0.1) is 0 Å². The van der Waals surface area contributed by atoms with E-state index in [9.17, 15) is 26.6 Å². The number of rotatable bonds is 6. The molecule has 0 saturated carbocycles. The normalized spacial score (nSPS) is 12.9. The Morgan fingerprint density at radius 2 is 0.679 bits per heavy atom. The van der Waals surface area contributed by atoms with Gasteiger partial charge in [-0.3, -0.25) is 4.55 Å². The fourth-order valence-electron chi connectivity index (χ4n) is 7.23. The third kappa shape index (κ3) is 6.56. The molecule has 5 heterocycles. The lowest BCUT2D eigenvalue weighted by Gasteiger charge is -2.19. The molecule has 8 bridgehead atoms. The van der Waals surface area contributed by atoms with Crippen molar-refractivity contribution in [3.63, 3.8) is 0 Å². The van der Waals surface area contributed by atoms with Crippen LogP contribution in [0.2, 0.25) is 0 Å². The number of aromatic nitrogens is 4. The van der Waals surface area contributed by atoms with Crippen LogP contribution in [0.5, 0.6) is 0 Å². The van der Waals surface area contributed by atoms with E-state index in [1.54, 1.807) is 24.3 Å². The molecule has 0 unspecified atom stereocenters. The fourth-order valence-corrected chi connectivity index (χ4v) is 8.21. The van der Waals surface area contributed by atoms with E-state index in [4.69, 9.17) is 9.97 Å². The second-order valence-corrected chi connectivity index (χ2v) is 16.2. The summed E-state index contributed by atoms with van der Waals surface area (Å²) >= 11 is 0. The predicted molar refractivity (Wildman–Crippen MR) is 224 cm³/mol. The Labute approximate surface area is 323 Å². The van der Waals surface area contributed by atoms with Crippen molar-refractivity contribution in [3.05, 3.63) is 156 Å². The summed E-state index contributed by atoms with van der Waals surface area (Å²) in [5, 5.41) is 0. The molecule has 56 heavy (non-hydrogen) atoms. The van der Waals surface area contributed by atoms with E-state index in [2.05, 4.69) is 9.97 Å². The first-order valence-electron chi connectivity index (χ1n) is 17.5. The molecule has 2 aliphatic heterocycles. The molecular weight excluding hydrogens is 745 g/mol. The van der Waals surface area contributed by atoms with Crippen molar-refractivity contribution in [2.45, 2.75) is 9.79 Å². The first-order valence-corrected chi connectivity index (χ1v) is 20.4. The zero-order valence-corrected chi connectivity index (χ0v) is 31.0. The van der Waals surface area contributed by atoms with Crippen LogP contribution in [0.1, 0.15) is 22.8 Å². The van der Waals surface area contributed by atoms with E-state index >= 15 is 0 Å². The quantitative estimate of drug-likeness (QED) is 0.0905. The minimum absolute atomic E-state index is 0.0191. The lowest BCUT2D eigenvalue weighted by molar-refractivity contribution is 0.376. The maximum absolute atomic E-state index is 12.0. The highest BCUT2D eigenvalue weighted by Crippen LogP contribution is 2.45. The van der Waals surface area contributed by atoms with Crippen LogP contribution in [0.3, 0.4) is 0 Å². The molecule has 7 aromatic rings. The molecule has 276 valence electrons. The minimum atomic E-state index is -4.43. The van der Waals surface area contributed by atoms with Crippen LogP contribution in [0.4, 0.5) is 0 Å². The summed E-state index contributed by atoms with van der Waals surface area (Å²) in [5.41, 5.74) is 12.1. The van der Waals surface area contributed by atoms with Crippen molar-refractivity contribution >= 4 is 67.4 Å². The molecular formula is C44H32N4O6S2. The maximum atomic E-state index is 12.0. The molecule has 4 aromatic carbocycles. The van der Waals surface area contributed by atoms with Crippen LogP contribution in [-0.4, -0.2) is 46.6 Å². The Kier molecular flexibility index (Phi) is 8.66. The number of hydrogen-bond acceptors (Lipinski definition) is 7. The summed E-state index contributed by atoms with van der Waals surface area (Å²) in [6, 6.07) is 40.3. The van der Waals surface area contributed by atoms with E-state index in [0.29, 0.717) is 39.2 Å². The first-order chi connectivity index (χ1) is 27.0. The van der Waals surface area contributed by atoms with Gasteiger partial charge >= 0.3 is 0 Å². The molecule has 10 nitrogen and oxygen atoms in total. The second kappa shape index (κ2) is 13.7. The van der Waals surface area contributed by atoms with Gasteiger partial charge in [0, 0.05) is 44.3 Å². The van der Waals surface area contributed by atoms with Gasteiger partial charge in [-0.15, -0.1) is 0 Å². The minimum Gasteiger partial charge on any atom is -0.354 e. The van der Waals surface area contributed by atoms with Gasteiger partial charge in [0.1, 0.15) is 10.9 Å². The van der Waals surface area contributed by atoms with Gasteiger partial charge in [0.05, 0.1) is 32.6 Å². The summed E-state index contributed by atoms with van der Waals surface area (Å²) in [6.45, 7) is 0. The zero-order chi connectivity index (χ0) is 38.6. The molecule has 2 aliphatic rings. The fraction of sp³-hybridized carbons (Fsp3) is 0. The van der Waals surface area contributed by atoms with E-state index in [1.807, 2.05) is 109 Å². The maximum Gasteiger partial charge on any atom is 0.294 e. The number of benzene rings is 4. The van der Waals surface area contributed by atoms with E-state index < -0.39 is 21.0 Å². The van der Waals surface area contributed by atoms with Crippen LogP contribution < -0.4 is 0 Å². The Bertz CT molecular complexity index is 3010. The van der Waals surface area contributed by atoms with Crippen molar-refractivity contribution < 1.29 is 26.6 Å². The van der Waals surface area contributed by atoms with Gasteiger partial charge in [0.25, 0.3) is 10.1 Å². The Balaban J connectivity index is 1.44. The molecule has 0 fully saturated rings. The molecule has 12 heteroatoms. The number of nitrogens with one attached hydrogen (secondary N) is 2. The molecule has 9 rings (SSSR count). The average Bonchev–Trinajstić information content (AvgIpc) is 4.03. The zero-order valence-electron chi connectivity index (χ0n) is 29.3. The summed E-state index contributed by atoms with van der Waals surface area (Å²) in [6.07, 6.45) is 7.80. The number of aromatic amines is 2. The highest BCUT2D eigenvalue weighted by molar-refractivity contribution is 8.19. The molecule has 0 radical (unpaired) electrons. The monoisotopic (exact) mass is 776 g/mol. The molecule has 0 atom stereocenters. The number of fused-ring (bicyclic) bond motifs is 8. The third-order valence-electron chi connectivity index (χ3n) is 9.78. The molecule has 0 aliphatic carbocycles. The molecule has 3 aromatic heterocycles. The SMILES string of the molecule is O=S(=O)(O)c1ccc(-c2c3nc(c(-c4ccc(S(O)(O)O)cc4)c4ccc([nH]4)c(-c4ccccc4)c4nc(c(-c5ccccc5)c5ccc2[nH]5)C=C4)C=C3)cc1. The highest BCUT2D eigenvalue weighted by Gasteiger charge is 2.21. The smallest absolute Gasteiger partial charge is 0.294 e. The first kappa shape index (κ1) is 35.3. The van der Waals surface area contributed by atoms with Crippen molar-refractivity contribution in [1.82, 2.24) is 19.9 Å². The Morgan fingerprint density at radius 1 is 0.375 bits per heavy atom. The molecule has 0 amide bonds. The van der Waals surface area contributed by atoms with E-state index in [1.165, 1.54) is 24.3 Å². The van der Waals surface area contributed by atoms with Gasteiger partial charge in [-0.25, -0.2) is 9.97 Å². The largest absolute Gasteiger partial charge is 0.354 e. The average molecular weight is 777 g/mol. The number of hydrogen-bond donors (Lipinski definition) is 6. The van der Waals surface area contributed by atoms with E-state index in [-0.39, 0.29) is 9.79 Å². The summed E-state index contributed by atoms with van der Waals surface area (Å²) in [4.78, 5) is 17.5. The molecule has 6 N–H and O–H groups in total. The summed E-state index contributed by atoms with van der Waals surface area (Å²) in [7, 11) is -8.37. The lowest BCUT2D eigenvalue weighted by Crippen LogP contribution is -1.97. The van der Waals surface area contributed by atoms with Crippen LogP contribution in [0.25, 0.3) is 90.9 Å². The van der Waals surface area contributed by atoms with Gasteiger partial charge in [0.2, 0.25) is 0 Å². The van der Waals surface area contributed by atoms with Crippen molar-refractivity contribution in [1.29, 1.82) is 0 Å². The summed E-state index contributed by atoms with van der Waals surface area (Å²) < 4.78 is 63.6. The van der Waals surface area contributed by atoms with Gasteiger partial charge in [-0.05, 0) is 95.1 Å². The predicted octanol–water partition coefficient (Wildman–Crippen LogP) is 11.2. The van der Waals surface area contributed by atoms with Gasteiger partial charge in [-0.2, -0.15) is 8.42 Å². The van der Waals surface area contributed by atoms with Crippen LogP contribution >= 0.6 is 10.9 Å². The van der Waals surface area contributed by atoms with Crippen molar-refractivity contribution in [2.75, 3.05) is 0 Å². The molecule has 0 saturated heterocycles.